The number of nitrogens with one attached hydrogen (secondary N) is 1. The van der Waals surface area contributed by atoms with Crippen LogP contribution in [0.15, 0.2) is 0 Å². The number of nitrogens with zero attached hydrogens (tertiary/aromatic N) is 1. The second-order valence-electron chi connectivity index (χ2n) is 5.29. The van der Waals surface area contributed by atoms with Gasteiger partial charge in [0, 0.05) is 25.2 Å². The van der Waals surface area contributed by atoms with E-state index in [4.69, 9.17) is 0 Å². The van der Waals surface area contributed by atoms with Crippen LogP contribution in [0, 0.1) is 0 Å². The molecule has 1 aliphatic heterocycles. The second kappa shape index (κ2) is 4.34. The van der Waals surface area contributed by atoms with Crippen molar-refractivity contribution < 1.29 is 9.90 Å². The first-order valence-electron chi connectivity index (χ1n) is 6.32. The molecule has 16 heavy (non-hydrogen) atoms. The monoisotopic (exact) mass is 226 g/mol. The lowest BCUT2D eigenvalue weighted by atomic mass is 9.97. The van der Waals surface area contributed by atoms with Crippen LogP contribution < -0.4 is 5.32 Å². The highest BCUT2D eigenvalue weighted by Gasteiger charge is 2.48. The van der Waals surface area contributed by atoms with E-state index in [2.05, 4.69) is 24.1 Å². The lowest BCUT2D eigenvalue weighted by Gasteiger charge is -2.29. The number of carboxylic acids is 1. The third-order valence-electron chi connectivity index (χ3n) is 3.91. The van der Waals surface area contributed by atoms with Crippen molar-refractivity contribution in [3.05, 3.63) is 0 Å². The van der Waals surface area contributed by atoms with Gasteiger partial charge in [0.15, 0.2) is 0 Å². The lowest BCUT2D eigenvalue weighted by molar-refractivity contribution is -0.144. The van der Waals surface area contributed by atoms with Gasteiger partial charge in [-0.2, -0.15) is 0 Å². The van der Waals surface area contributed by atoms with E-state index < -0.39 is 11.5 Å². The van der Waals surface area contributed by atoms with Crippen molar-refractivity contribution >= 4 is 5.97 Å². The first kappa shape index (κ1) is 11.9. The molecule has 0 radical (unpaired) electrons. The summed E-state index contributed by atoms with van der Waals surface area (Å²) in [4.78, 5) is 13.8. The zero-order valence-corrected chi connectivity index (χ0v) is 10.2. The molecule has 0 aromatic rings. The Bertz CT molecular complexity index is 278. The predicted molar refractivity (Wildman–Crippen MR) is 62.5 cm³/mol. The zero-order valence-electron chi connectivity index (χ0n) is 10.2. The zero-order chi connectivity index (χ0) is 11.8. The molecule has 2 atom stereocenters. The Balaban J connectivity index is 2.02. The molecular weight excluding hydrogens is 204 g/mol. The van der Waals surface area contributed by atoms with Crippen molar-refractivity contribution in [2.45, 2.75) is 57.2 Å². The van der Waals surface area contributed by atoms with E-state index >= 15 is 0 Å². The number of carbonyl (C=O) groups is 1. The van der Waals surface area contributed by atoms with Gasteiger partial charge in [-0.1, -0.05) is 6.92 Å². The third kappa shape index (κ3) is 2.23. The Kier molecular flexibility index (Phi) is 3.22. The van der Waals surface area contributed by atoms with Crippen molar-refractivity contribution in [2.75, 3.05) is 13.1 Å². The summed E-state index contributed by atoms with van der Waals surface area (Å²) in [5.74, 6) is -0.684. The van der Waals surface area contributed by atoms with Gasteiger partial charge in [0.2, 0.25) is 0 Å². The Hall–Kier alpha value is -0.610. The number of carboxylic acid groups (broad SMARTS) is 1. The molecule has 92 valence electrons. The second-order valence-corrected chi connectivity index (χ2v) is 5.29. The average molecular weight is 226 g/mol. The molecule has 2 fully saturated rings. The highest BCUT2D eigenvalue weighted by Crippen LogP contribution is 2.33. The molecule has 1 saturated carbocycles. The fourth-order valence-electron chi connectivity index (χ4n) is 2.52. The molecule has 2 unspecified atom stereocenters. The summed E-state index contributed by atoms with van der Waals surface area (Å²) in [5.41, 5.74) is -0.696. The summed E-state index contributed by atoms with van der Waals surface area (Å²) in [7, 11) is 0. The normalized spacial score (nSPS) is 32.9. The first-order valence-corrected chi connectivity index (χ1v) is 6.32. The molecule has 0 aromatic heterocycles. The Labute approximate surface area is 97.0 Å². The smallest absolute Gasteiger partial charge is 0.325 e. The van der Waals surface area contributed by atoms with Crippen LogP contribution in [0.3, 0.4) is 0 Å². The molecule has 1 aliphatic carbocycles. The van der Waals surface area contributed by atoms with E-state index in [9.17, 15) is 9.90 Å². The summed E-state index contributed by atoms with van der Waals surface area (Å²) in [6, 6.07) is 0.940. The minimum absolute atomic E-state index is 0.273. The molecule has 2 N–H and O–H groups in total. The van der Waals surface area contributed by atoms with E-state index in [0.29, 0.717) is 12.6 Å². The maximum absolute atomic E-state index is 11.5. The summed E-state index contributed by atoms with van der Waals surface area (Å²) in [6.07, 6.45) is 4.21. The fraction of sp³-hybridized carbons (Fsp3) is 0.917. The largest absolute Gasteiger partial charge is 0.480 e. The molecule has 0 aromatic carbocycles. The number of hydrogen-bond acceptors (Lipinski definition) is 3. The topological polar surface area (TPSA) is 52.6 Å². The Morgan fingerprint density at radius 3 is 2.81 bits per heavy atom. The SMILES string of the molecule is CCC(C)NC1(C(=O)O)CCN(C2CC2)C1. The Morgan fingerprint density at radius 1 is 1.62 bits per heavy atom. The van der Waals surface area contributed by atoms with Gasteiger partial charge in [-0.05, 0) is 32.6 Å². The number of aliphatic carboxylic acids is 1. The summed E-state index contributed by atoms with van der Waals surface area (Å²) >= 11 is 0. The van der Waals surface area contributed by atoms with Crippen LogP contribution in [0.1, 0.15) is 39.5 Å². The van der Waals surface area contributed by atoms with Crippen LogP contribution in [-0.4, -0.2) is 46.7 Å². The molecule has 2 aliphatic rings. The van der Waals surface area contributed by atoms with E-state index in [0.717, 1.165) is 19.4 Å². The van der Waals surface area contributed by atoms with Crippen molar-refractivity contribution in [3.63, 3.8) is 0 Å². The highest BCUT2D eigenvalue weighted by atomic mass is 16.4. The van der Waals surface area contributed by atoms with Crippen LogP contribution >= 0.6 is 0 Å². The summed E-state index contributed by atoms with van der Waals surface area (Å²) < 4.78 is 0. The Morgan fingerprint density at radius 2 is 2.31 bits per heavy atom. The molecule has 1 heterocycles. The molecule has 4 heteroatoms. The maximum atomic E-state index is 11.5. The van der Waals surface area contributed by atoms with E-state index in [-0.39, 0.29) is 6.04 Å². The standard InChI is InChI=1S/C12H22N2O2/c1-3-9(2)13-12(11(15)16)6-7-14(8-12)10-4-5-10/h9-10,13H,3-8H2,1-2H3,(H,15,16). The van der Waals surface area contributed by atoms with Crippen LogP contribution in [0.4, 0.5) is 0 Å². The molecule has 2 rings (SSSR count). The number of rotatable bonds is 5. The average Bonchev–Trinajstić information content (AvgIpc) is 3.01. The van der Waals surface area contributed by atoms with Crippen molar-refractivity contribution in [1.29, 1.82) is 0 Å². The van der Waals surface area contributed by atoms with E-state index in [1.807, 2.05) is 0 Å². The van der Waals surface area contributed by atoms with Gasteiger partial charge in [0.25, 0.3) is 0 Å². The van der Waals surface area contributed by atoms with Gasteiger partial charge in [-0.3, -0.25) is 15.0 Å². The maximum Gasteiger partial charge on any atom is 0.325 e. The minimum Gasteiger partial charge on any atom is -0.480 e. The molecule has 0 amide bonds. The van der Waals surface area contributed by atoms with Crippen molar-refractivity contribution in [2.24, 2.45) is 0 Å². The van der Waals surface area contributed by atoms with Gasteiger partial charge >= 0.3 is 5.97 Å². The van der Waals surface area contributed by atoms with Gasteiger partial charge in [0.1, 0.15) is 5.54 Å². The highest BCUT2D eigenvalue weighted by molar-refractivity contribution is 5.79. The van der Waals surface area contributed by atoms with Crippen molar-refractivity contribution in [3.8, 4) is 0 Å². The number of likely N-dealkylation sites (tertiary alicyclic amines) is 1. The van der Waals surface area contributed by atoms with Gasteiger partial charge < -0.3 is 5.11 Å². The minimum atomic E-state index is -0.696. The van der Waals surface area contributed by atoms with Crippen LogP contribution in [-0.2, 0) is 4.79 Å². The first-order chi connectivity index (χ1) is 7.57. The van der Waals surface area contributed by atoms with Crippen molar-refractivity contribution in [1.82, 2.24) is 10.2 Å². The molecule has 0 spiro atoms. The van der Waals surface area contributed by atoms with Crippen LogP contribution in [0.25, 0.3) is 0 Å². The predicted octanol–water partition coefficient (Wildman–Crippen LogP) is 1.07. The van der Waals surface area contributed by atoms with Gasteiger partial charge in [-0.15, -0.1) is 0 Å². The lowest BCUT2D eigenvalue weighted by Crippen LogP contribution is -2.57. The molecule has 4 nitrogen and oxygen atoms in total. The van der Waals surface area contributed by atoms with E-state index in [1.165, 1.54) is 12.8 Å². The molecular formula is C12H22N2O2. The fourth-order valence-corrected chi connectivity index (χ4v) is 2.52. The molecule has 0 bridgehead atoms. The van der Waals surface area contributed by atoms with Crippen LogP contribution in [0.2, 0.25) is 0 Å². The summed E-state index contributed by atoms with van der Waals surface area (Å²) in [5, 5.41) is 12.8. The quantitative estimate of drug-likeness (QED) is 0.736. The van der Waals surface area contributed by atoms with Gasteiger partial charge in [-0.25, -0.2) is 0 Å². The van der Waals surface area contributed by atoms with Crippen LogP contribution in [0.5, 0.6) is 0 Å². The number of hydrogen-bond donors (Lipinski definition) is 2. The van der Waals surface area contributed by atoms with E-state index in [1.54, 1.807) is 0 Å². The van der Waals surface area contributed by atoms with Gasteiger partial charge in [0.05, 0.1) is 0 Å². The summed E-state index contributed by atoms with van der Waals surface area (Å²) in [6.45, 7) is 5.75. The molecule has 1 saturated heterocycles. The third-order valence-corrected chi connectivity index (χ3v) is 3.91.